The molecule has 7 nitrogen and oxygen atoms in total. The third-order valence-corrected chi connectivity index (χ3v) is 3.35. The van der Waals surface area contributed by atoms with E-state index in [0.717, 1.165) is 17.1 Å². The van der Waals surface area contributed by atoms with Crippen LogP contribution in [0.5, 0.6) is 11.5 Å². The summed E-state index contributed by atoms with van der Waals surface area (Å²) < 4.78 is 15.5. The van der Waals surface area contributed by atoms with Gasteiger partial charge in [-0.05, 0) is 30.2 Å². The molecule has 1 saturated heterocycles. The van der Waals surface area contributed by atoms with E-state index in [9.17, 15) is 9.59 Å². The van der Waals surface area contributed by atoms with Gasteiger partial charge in [-0.1, -0.05) is 0 Å². The minimum Gasteiger partial charge on any atom is -0.497 e. The quantitative estimate of drug-likeness (QED) is 0.765. The molecule has 120 valence electrons. The lowest BCUT2D eigenvalue weighted by Crippen LogP contribution is -2.54. The van der Waals surface area contributed by atoms with E-state index in [1.165, 1.54) is 0 Å². The number of carbonyl (C=O) groups is 2. The summed E-state index contributed by atoms with van der Waals surface area (Å²) in [7, 11) is 3.19. The van der Waals surface area contributed by atoms with E-state index in [1.54, 1.807) is 14.2 Å². The zero-order chi connectivity index (χ0) is 15.9. The van der Waals surface area contributed by atoms with Crippen molar-refractivity contribution in [3.8, 4) is 11.5 Å². The second-order valence-electron chi connectivity index (χ2n) is 4.85. The smallest absolute Gasteiger partial charge is 0.246 e. The highest BCUT2D eigenvalue weighted by Crippen LogP contribution is 2.24. The summed E-state index contributed by atoms with van der Waals surface area (Å²) in [4.78, 5) is 23.1. The van der Waals surface area contributed by atoms with Crippen molar-refractivity contribution in [3.05, 3.63) is 23.8 Å². The molecule has 1 unspecified atom stereocenters. The molecule has 0 aromatic heterocycles. The topological polar surface area (TPSA) is 85.9 Å². The Hall–Kier alpha value is -2.28. The molecule has 1 aromatic carbocycles. The molecule has 0 radical (unpaired) electrons. The van der Waals surface area contributed by atoms with Gasteiger partial charge in [0.1, 0.15) is 24.1 Å². The van der Waals surface area contributed by atoms with Crippen LogP contribution in [0.15, 0.2) is 18.2 Å². The number of morpholine rings is 1. The molecule has 1 aromatic rings. The first-order chi connectivity index (χ1) is 10.6. The molecule has 0 spiro atoms. The van der Waals surface area contributed by atoms with E-state index >= 15 is 0 Å². The van der Waals surface area contributed by atoms with Crippen LogP contribution < -0.4 is 20.1 Å². The normalized spacial score (nSPS) is 17.5. The average Bonchev–Trinajstić information content (AvgIpc) is 2.54. The van der Waals surface area contributed by atoms with Crippen molar-refractivity contribution in [2.75, 3.05) is 34.0 Å². The number of ether oxygens (including phenoxy) is 3. The van der Waals surface area contributed by atoms with Crippen LogP contribution in [-0.2, 0) is 20.7 Å². The molecular formula is C15H20N2O5. The number of hydrogen-bond donors (Lipinski definition) is 2. The van der Waals surface area contributed by atoms with E-state index in [-0.39, 0.29) is 25.0 Å². The van der Waals surface area contributed by atoms with Crippen LogP contribution in [0.4, 0.5) is 0 Å². The van der Waals surface area contributed by atoms with Gasteiger partial charge in [0, 0.05) is 6.54 Å². The van der Waals surface area contributed by atoms with Crippen LogP contribution in [0.25, 0.3) is 0 Å². The highest BCUT2D eigenvalue weighted by Gasteiger charge is 2.24. The van der Waals surface area contributed by atoms with Gasteiger partial charge < -0.3 is 24.8 Å². The minimum absolute atomic E-state index is 0.00475. The molecule has 1 heterocycles. The number of nitrogens with one attached hydrogen (secondary N) is 2. The van der Waals surface area contributed by atoms with Gasteiger partial charge in [-0.3, -0.25) is 9.59 Å². The Kier molecular flexibility index (Phi) is 5.60. The first-order valence-corrected chi connectivity index (χ1v) is 6.99. The van der Waals surface area contributed by atoms with Crippen LogP contribution in [-0.4, -0.2) is 51.8 Å². The Morgan fingerprint density at radius 1 is 1.41 bits per heavy atom. The van der Waals surface area contributed by atoms with Gasteiger partial charge in [0.2, 0.25) is 11.8 Å². The lowest BCUT2D eigenvalue weighted by Gasteiger charge is -2.22. The molecule has 2 amide bonds. The highest BCUT2D eigenvalue weighted by molar-refractivity contribution is 5.89. The van der Waals surface area contributed by atoms with Crippen molar-refractivity contribution < 1.29 is 23.8 Å². The summed E-state index contributed by atoms with van der Waals surface area (Å²) in [6, 6.07) is 4.88. The zero-order valence-electron chi connectivity index (χ0n) is 12.7. The number of methoxy groups -OCH3 is 2. The molecule has 0 saturated carbocycles. The third kappa shape index (κ3) is 4.11. The molecule has 0 bridgehead atoms. The van der Waals surface area contributed by atoms with Crippen molar-refractivity contribution in [1.82, 2.24) is 10.6 Å². The summed E-state index contributed by atoms with van der Waals surface area (Å²) in [5.74, 6) is 0.940. The molecule has 1 aliphatic rings. The van der Waals surface area contributed by atoms with Crippen molar-refractivity contribution in [2.45, 2.75) is 12.5 Å². The lowest BCUT2D eigenvalue weighted by atomic mass is 10.1. The molecular weight excluding hydrogens is 288 g/mol. The molecule has 2 rings (SSSR count). The maximum Gasteiger partial charge on any atom is 0.246 e. The molecule has 1 aliphatic heterocycles. The molecule has 22 heavy (non-hydrogen) atoms. The van der Waals surface area contributed by atoms with Crippen molar-refractivity contribution in [3.63, 3.8) is 0 Å². The van der Waals surface area contributed by atoms with E-state index < -0.39 is 6.04 Å². The third-order valence-electron chi connectivity index (χ3n) is 3.35. The Bertz CT molecular complexity index is 547. The van der Waals surface area contributed by atoms with Crippen LogP contribution in [0.3, 0.4) is 0 Å². The Balaban J connectivity index is 1.87. The van der Waals surface area contributed by atoms with Crippen LogP contribution in [0.2, 0.25) is 0 Å². The summed E-state index contributed by atoms with van der Waals surface area (Å²) in [6.45, 7) is 0.625. The van der Waals surface area contributed by atoms with Crippen LogP contribution in [0.1, 0.15) is 5.56 Å². The number of amides is 2. The fourth-order valence-corrected chi connectivity index (χ4v) is 2.21. The van der Waals surface area contributed by atoms with Crippen molar-refractivity contribution in [2.24, 2.45) is 0 Å². The number of hydrogen-bond acceptors (Lipinski definition) is 5. The van der Waals surface area contributed by atoms with Crippen LogP contribution in [0, 0.1) is 0 Å². The van der Waals surface area contributed by atoms with Crippen molar-refractivity contribution >= 4 is 11.8 Å². The fourth-order valence-electron chi connectivity index (χ4n) is 2.21. The maximum atomic E-state index is 11.9. The largest absolute Gasteiger partial charge is 0.497 e. The van der Waals surface area contributed by atoms with Gasteiger partial charge in [0.15, 0.2) is 0 Å². The summed E-state index contributed by atoms with van der Waals surface area (Å²) in [6.07, 6.45) is 0.591. The molecule has 7 heteroatoms. The Morgan fingerprint density at radius 2 is 2.23 bits per heavy atom. The number of carbonyl (C=O) groups excluding carboxylic acids is 2. The SMILES string of the molecule is COc1ccc(OC)c(CCNC(=O)C2COCC(=O)N2)c1. The second-order valence-corrected chi connectivity index (χ2v) is 4.85. The maximum absolute atomic E-state index is 11.9. The minimum atomic E-state index is -0.631. The summed E-state index contributed by atoms with van der Waals surface area (Å²) in [5.41, 5.74) is 0.936. The second kappa shape index (κ2) is 7.65. The Morgan fingerprint density at radius 3 is 2.91 bits per heavy atom. The Labute approximate surface area is 128 Å². The van der Waals surface area contributed by atoms with E-state index in [1.807, 2.05) is 18.2 Å². The molecule has 1 atom stereocenters. The standard InChI is InChI=1S/C15H20N2O5/c1-20-11-3-4-13(21-2)10(7-11)5-6-16-15(19)12-8-22-9-14(18)17-12/h3-4,7,12H,5-6,8-9H2,1-2H3,(H,16,19)(H,17,18). The first-order valence-electron chi connectivity index (χ1n) is 6.99. The van der Waals surface area contributed by atoms with Gasteiger partial charge >= 0.3 is 0 Å². The first kappa shape index (κ1) is 16.1. The summed E-state index contributed by atoms with van der Waals surface area (Å²) in [5, 5.41) is 5.37. The molecule has 1 fully saturated rings. The van der Waals surface area contributed by atoms with Crippen LogP contribution >= 0.6 is 0 Å². The van der Waals surface area contributed by atoms with Gasteiger partial charge in [-0.2, -0.15) is 0 Å². The molecule has 2 N–H and O–H groups in total. The zero-order valence-corrected chi connectivity index (χ0v) is 12.7. The predicted octanol–water partition coefficient (Wildman–Crippen LogP) is -0.122. The molecule has 0 aliphatic carbocycles. The highest BCUT2D eigenvalue weighted by atomic mass is 16.5. The number of benzene rings is 1. The number of rotatable bonds is 6. The van der Waals surface area contributed by atoms with E-state index in [4.69, 9.17) is 14.2 Å². The average molecular weight is 308 g/mol. The van der Waals surface area contributed by atoms with E-state index in [2.05, 4.69) is 10.6 Å². The predicted molar refractivity (Wildman–Crippen MR) is 79.0 cm³/mol. The van der Waals surface area contributed by atoms with Gasteiger partial charge in [-0.15, -0.1) is 0 Å². The van der Waals surface area contributed by atoms with Gasteiger partial charge in [0.05, 0.1) is 20.8 Å². The van der Waals surface area contributed by atoms with Gasteiger partial charge in [0.25, 0.3) is 0 Å². The van der Waals surface area contributed by atoms with Gasteiger partial charge in [-0.25, -0.2) is 0 Å². The monoisotopic (exact) mass is 308 g/mol. The fraction of sp³-hybridized carbons (Fsp3) is 0.467. The van der Waals surface area contributed by atoms with E-state index in [0.29, 0.717) is 13.0 Å². The van der Waals surface area contributed by atoms with Crippen molar-refractivity contribution in [1.29, 1.82) is 0 Å². The summed E-state index contributed by atoms with van der Waals surface area (Å²) >= 11 is 0. The lowest BCUT2D eigenvalue weighted by molar-refractivity contribution is -0.138.